The summed E-state index contributed by atoms with van der Waals surface area (Å²) in [6.07, 6.45) is 12.3. The van der Waals surface area contributed by atoms with E-state index in [1.807, 2.05) is 17.0 Å². The lowest BCUT2D eigenvalue weighted by Crippen LogP contribution is -2.10. The maximum atomic E-state index is 11.6. The van der Waals surface area contributed by atoms with E-state index in [0.717, 1.165) is 94.2 Å². The zero-order valence-corrected chi connectivity index (χ0v) is 31.7. The number of carboxylic acid groups (broad SMARTS) is 2. The Morgan fingerprint density at radius 3 is 1.62 bits per heavy atom. The third-order valence-electron chi connectivity index (χ3n) is 9.17. The van der Waals surface area contributed by atoms with Gasteiger partial charge in [-0.05, 0) is 115 Å². The predicted octanol–water partition coefficient (Wildman–Crippen LogP) is 12.7. The molecule has 2 heterocycles. The normalized spacial score (nSPS) is 11.2. The average molecular weight is 742 g/mol. The van der Waals surface area contributed by atoms with Crippen LogP contribution in [0.4, 0.5) is 17.1 Å². The van der Waals surface area contributed by atoms with Crippen molar-refractivity contribution < 1.29 is 19.8 Å². The zero-order chi connectivity index (χ0) is 37.7. The Hall–Kier alpha value is -5.48. The van der Waals surface area contributed by atoms with E-state index < -0.39 is 11.9 Å². The van der Waals surface area contributed by atoms with Gasteiger partial charge in [-0.25, -0.2) is 9.59 Å². The van der Waals surface area contributed by atoms with Crippen molar-refractivity contribution in [3.8, 4) is 32.3 Å². The summed E-state index contributed by atoms with van der Waals surface area (Å²) < 4.78 is 0. The monoisotopic (exact) mass is 741 g/mol. The van der Waals surface area contributed by atoms with E-state index in [1.54, 1.807) is 71.2 Å². The number of aryl methyl sites for hydroxylation is 2. The molecule has 0 saturated heterocycles. The van der Waals surface area contributed by atoms with Crippen molar-refractivity contribution in [3.05, 3.63) is 118 Å². The molecule has 2 N–H and O–H groups in total. The molecule has 3 aromatic carbocycles. The number of aromatic carboxylic acids is 2. The fourth-order valence-corrected chi connectivity index (χ4v) is 8.87. The first-order chi connectivity index (χ1) is 25.8. The summed E-state index contributed by atoms with van der Waals surface area (Å²) in [5.74, 6) is -2.02. The van der Waals surface area contributed by atoms with Crippen LogP contribution in [-0.4, -0.2) is 22.2 Å². The van der Waals surface area contributed by atoms with Crippen molar-refractivity contribution >= 4 is 57.2 Å². The Kier molecular flexibility index (Phi) is 13.8. The largest absolute Gasteiger partial charge is 0.478 e. The lowest BCUT2D eigenvalue weighted by atomic mass is 10.0. The summed E-state index contributed by atoms with van der Waals surface area (Å²) in [5, 5.41) is 38.3. The van der Waals surface area contributed by atoms with Crippen LogP contribution in [0.25, 0.3) is 25.8 Å². The van der Waals surface area contributed by atoms with Crippen molar-refractivity contribution in [2.24, 2.45) is 0 Å². The third-order valence-corrected chi connectivity index (χ3v) is 11.8. The highest BCUT2D eigenvalue weighted by atomic mass is 32.1. The minimum Gasteiger partial charge on any atom is -0.478 e. The van der Waals surface area contributed by atoms with Crippen LogP contribution in [0.3, 0.4) is 0 Å². The number of nitrogens with zero attached hydrogens (tertiary/aromatic N) is 3. The summed E-state index contributed by atoms with van der Waals surface area (Å²) in [4.78, 5) is 29.4. The van der Waals surface area contributed by atoms with E-state index in [2.05, 4.69) is 50.3 Å². The summed E-state index contributed by atoms with van der Waals surface area (Å²) in [6, 6.07) is 30.3. The van der Waals surface area contributed by atoms with Crippen LogP contribution in [0.5, 0.6) is 0 Å². The van der Waals surface area contributed by atoms with Crippen LogP contribution in [0, 0.1) is 22.7 Å². The average Bonchev–Trinajstić information content (AvgIpc) is 3.79. The van der Waals surface area contributed by atoms with Gasteiger partial charge in [0.1, 0.15) is 6.07 Å². The molecular formula is C44H43N3O4S2. The highest BCUT2D eigenvalue weighted by Gasteiger charge is 2.20. The molecule has 0 aliphatic heterocycles. The number of carbonyl (C=O) groups is 2. The molecule has 53 heavy (non-hydrogen) atoms. The molecule has 270 valence electrons. The molecule has 0 radical (unpaired) electrons. The first-order valence-corrected chi connectivity index (χ1v) is 19.7. The molecule has 0 aliphatic rings. The van der Waals surface area contributed by atoms with E-state index in [4.69, 9.17) is 0 Å². The minimum absolute atomic E-state index is 0.177. The number of allylic oxidation sites excluding steroid dienone is 2. The van der Waals surface area contributed by atoms with E-state index >= 15 is 0 Å². The van der Waals surface area contributed by atoms with E-state index in [0.29, 0.717) is 5.57 Å². The van der Waals surface area contributed by atoms with Crippen LogP contribution >= 0.6 is 22.7 Å². The van der Waals surface area contributed by atoms with Gasteiger partial charge in [0.05, 0.1) is 22.8 Å². The Balaban J connectivity index is 1.54. The summed E-state index contributed by atoms with van der Waals surface area (Å²) in [5.41, 5.74) is 6.56. The Morgan fingerprint density at radius 2 is 1.15 bits per heavy atom. The number of unbranched alkanes of at least 4 members (excludes halogenated alkanes) is 6. The van der Waals surface area contributed by atoms with Crippen molar-refractivity contribution in [3.63, 3.8) is 0 Å². The SMILES string of the molecule is CCCCCCc1cc(-c2sc(-c3ccc(N(c4ccc(C(=O)O)cc4)c4ccc(C(=O)O)cc4)cc3)cc2CCCCCC)sc1/C(C#N)=C/C#N. The minimum atomic E-state index is -1.01. The van der Waals surface area contributed by atoms with Crippen LogP contribution in [0.1, 0.15) is 102 Å². The fourth-order valence-electron chi connectivity index (χ4n) is 6.35. The van der Waals surface area contributed by atoms with E-state index in [9.17, 15) is 30.3 Å². The number of anilines is 3. The van der Waals surface area contributed by atoms with Crippen molar-refractivity contribution in [1.29, 1.82) is 10.5 Å². The molecule has 0 saturated carbocycles. The highest BCUT2D eigenvalue weighted by Crippen LogP contribution is 2.45. The second-order valence-electron chi connectivity index (χ2n) is 12.9. The van der Waals surface area contributed by atoms with Crippen molar-refractivity contribution in [1.82, 2.24) is 0 Å². The smallest absolute Gasteiger partial charge is 0.335 e. The van der Waals surface area contributed by atoms with Crippen molar-refractivity contribution in [2.75, 3.05) is 4.90 Å². The quantitative estimate of drug-likeness (QED) is 0.0676. The Labute approximate surface area is 319 Å². The van der Waals surface area contributed by atoms with Gasteiger partial charge >= 0.3 is 11.9 Å². The van der Waals surface area contributed by atoms with Gasteiger partial charge in [-0.15, -0.1) is 22.7 Å². The molecule has 7 nitrogen and oxygen atoms in total. The molecule has 5 aromatic rings. The summed E-state index contributed by atoms with van der Waals surface area (Å²) >= 11 is 3.36. The molecule has 0 amide bonds. The van der Waals surface area contributed by atoms with Crippen molar-refractivity contribution in [2.45, 2.75) is 78.1 Å². The van der Waals surface area contributed by atoms with Gasteiger partial charge in [0.15, 0.2) is 0 Å². The molecular weight excluding hydrogens is 699 g/mol. The van der Waals surface area contributed by atoms with Crippen LogP contribution in [0.2, 0.25) is 0 Å². The second-order valence-corrected chi connectivity index (χ2v) is 15.0. The topological polar surface area (TPSA) is 125 Å². The number of carboxylic acids is 2. The molecule has 5 rings (SSSR count). The van der Waals surface area contributed by atoms with Gasteiger partial charge in [0, 0.05) is 42.6 Å². The standard InChI is InChI=1S/C44H43N3O4S2/c1-3-5-7-9-11-33-28-40(53-41(33)35(29-46)25-26-45)42-34(12-10-8-6-4-2)27-39(52-42)30-13-19-36(20-14-30)47(37-21-15-31(16-22-37)43(48)49)38-23-17-32(18-24-38)44(50)51/h13-25,27-28H,3-12H2,1-2H3,(H,48,49)(H,50,51)/b35-25+. The maximum absolute atomic E-state index is 11.6. The number of rotatable bonds is 18. The lowest BCUT2D eigenvalue weighted by Gasteiger charge is -2.26. The zero-order valence-electron chi connectivity index (χ0n) is 30.1. The molecule has 0 atom stereocenters. The van der Waals surface area contributed by atoms with Gasteiger partial charge in [0.2, 0.25) is 0 Å². The van der Waals surface area contributed by atoms with Crippen LogP contribution < -0.4 is 4.90 Å². The van der Waals surface area contributed by atoms with Crippen LogP contribution in [0.15, 0.2) is 91.0 Å². The Bertz CT molecular complexity index is 2070. The molecule has 0 aliphatic carbocycles. The number of nitriles is 2. The van der Waals surface area contributed by atoms with Gasteiger partial charge < -0.3 is 15.1 Å². The first-order valence-electron chi connectivity index (χ1n) is 18.1. The van der Waals surface area contributed by atoms with Gasteiger partial charge in [-0.3, -0.25) is 0 Å². The fraction of sp³-hybridized carbons (Fsp3) is 0.273. The molecule has 0 unspecified atom stereocenters. The first kappa shape index (κ1) is 38.7. The summed E-state index contributed by atoms with van der Waals surface area (Å²) in [7, 11) is 0. The Morgan fingerprint density at radius 1 is 0.660 bits per heavy atom. The van der Waals surface area contributed by atoms with Gasteiger partial charge in [-0.1, -0.05) is 64.5 Å². The highest BCUT2D eigenvalue weighted by molar-refractivity contribution is 7.24. The number of hydrogen-bond acceptors (Lipinski definition) is 7. The molecule has 9 heteroatoms. The number of benzene rings is 3. The predicted molar refractivity (Wildman–Crippen MR) is 217 cm³/mol. The van der Waals surface area contributed by atoms with Gasteiger partial charge in [-0.2, -0.15) is 10.5 Å². The molecule has 0 bridgehead atoms. The second kappa shape index (κ2) is 18.8. The van der Waals surface area contributed by atoms with E-state index in [1.165, 1.54) is 29.4 Å². The van der Waals surface area contributed by atoms with E-state index in [-0.39, 0.29) is 11.1 Å². The van der Waals surface area contributed by atoms with Crippen LogP contribution in [-0.2, 0) is 12.8 Å². The molecule has 2 aromatic heterocycles. The maximum Gasteiger partial charge on any atom is 0.335 e. The lowest BCUT2D eigenvalue weighted by molar-refractivity contribution is 0.0686. The number of thiophene rings is 2. The molecule has 0 spiro atoms. The molecule has 0 fully saturated rings. The van der Waals surface area contributed by atoms with Gasteiger partial charge in [0.25, 0.3) is 0 Å². The summed E-state index contributed by atoms with van der Waals surface area (Å²) in [6.45, 7) is 4.41. The number of hydrogen-bond donors (Lipinski definition) is 2. The third kappa shape index (κ3) is 9.70.